The Labute approximate surface area is 139 Å². The van der Waals surface area contributed by atoms with Crippen LogP contribution >= 0.6 is 0 Å². The lowest BCUT2D eigenvalue weighted by atomic mass is 9.94. The van der Waals surface area contributed by atoms with Crippen molar-refractivity contribution in [1.82, 2.24) is 14.8 Å². The second kappa shape index (κ2) is 7.77. The Morgan fingerprint density at radius 2 is 1.91 bits per heavy atom. The molecule has 0 spiro atoms. The molecular formula is C18H28N4O. The van der Waals surface area contributed by atoms with Crippen molar-refractivity contribution in [2.75, 3.05) is 44.7 Å². The topological polar surface area (TPSA) is 39.7 Å². The zero-order valence-corrected chi connectivity index (χ0v) is 14.2. The number of rotatable bonds is 4. The van der Waals surface area contributed by atoms with E-state index in [1.54, 1.807) is 0 Å². The van der Waals surface area contributed by atoms with Gasteiger partial charge in [0.2, 0.25) is 5.91 Å². The molecule has 1 aliphatic carbocycles. The number of carbonyl (C=O) groups is 1. The molecular weight excluding hydrogens is 288 g/mol. The number of hydrogen-bond donors (Lipinski definition) is 0. The van der Waals surface area contributed by atoms with Crippen LogP contribution in [0.3, 0.4) is 0 Å². The molecule has 3 rings (SSSR count). The van der Waals surface area contributed by atoms with Crippen LogP contribution < -0.4 is 4.90 Å². The number of anilines is 1. The Balaban J connectivity index is 1.45. The van der Waals surface area contributed by atoms with Gasteiger partial charge in [0.05, 0.1) is 6.54 Å². The van der Waals surface area contributed by atoms with Crippen LogP contribution in [0.15, 0.2) is 24.4 Å². The minimum Gasteiger partial charge on any atom is -0.354 e. The van der Waals surface area contributed by atoms with Crippen molar-refractivity contribution < 1.29 is 4.79 Å². The number of nitrogens with zero attached hydrogens (tertiary/aromatic N) is 4. The SMILES string of the molecule is CN(C(=O)CN1CCN(c2ccccn2)CC1)C1CCCCC1. The van der Waals surface area contributed by atoms with Gasteiger partial charge in [-0.15, -0.1) is 0 Å². The van der Waals surface area contributed by atoms with Gasteiger partial charge in [-0.3, -0.25) is 9.69 Å². The molecule has 2 heterocycles. The zero-order valence-electron chi connectivity index (χ0n) is 14.2. The van der Waals surface area contributed by atoms with E-state index in [0.717, 1.165) is 32.0 Å². The van der Waals surface area contributed by atoms with Crippen molar-refractivity contribution in [3.63, 3.8) is 0 Å². The molecule has 2 aliphatic rings. The van der Waals surface area contributed by atoms with E-state index in [-0.39, 0.29) is 5.91 Å². The van der Waals surface area contributed by atoms with E-state index in [9.17, 15) is 4.79 Å². The van der Waals surface area contributed by atoms with E-state index >= 15 is 0 Å². The van der Waals surface area contributed by atoms with Gasteiger partial charge in [-0.25, -0.2) is 4.98 Å². The third kappa shape index (κ3) is 4.22. The van der Waals surface area contributed by atoms with Gasteiger partial charge in [-0.2, -0.15) is 0 Å². The molecule has 23 heavy (non-hydrogen) atoms. The highest BCUT2D eigenvalue weighted by Gasteiger charge is 2.25. The van der Waals surface area contributed by atoms with Crippen LogP contribution in [0.5, 0.6) is 0 Å². The van der Waals surface area contributed by atoms with Gasteiger partial charge >= 0.3 is 0 Å². The van der Waals surface area contributed by atoms with Crippen LogP contribution in [-0.2, 0) is 4.79 Å². The molecule has 5 heteroatoms. The number of carbonyl (C=O) groups excluding carboxylic acids is 1. The Morgan fingerprint density at radius 1 is 1.17 bits per heavy atom. The Bertz CT molecular complexity index is 493. The van der Waals surface area contributed by atoms with Gasteiger partial charge < -0.3 is 9.80 Å². The Hall–Kier alpha value is -1.62. The van der Waals surface area contributed by atoms with Crippen molar-refractivity contribution in [3.05, 3.63) is 24.4 Å². The molecule has 1 saturated carbocycles. The van der Waals surface area contributed by atoms with Gasteiger partial charge in [-0.1, -0.05) is 25.3 Å². The highest BCUT2D eigenvalue weighted by atomic mass is 16.2. The van der Waals surface area contributed by atoms with Crippen molar-refractivity contribution in [1.29, 1.82) is 0 Å². The highest BCUT2D eigenvalue weighted by Crippen LogP contribution is 2.22. The summed E-state index contributed by atoms with van der Waals surface area (Å²) in [4.78, 5) is 23.5. The van der Waals surface area contributed by atoms with Crippen LogP contribution in [-0.4, -0.2) is 66.5 Å². The average molecular weight is 316 g/mol. The summed E-state index contributed by atoms with van der Waals surface area (Å²) in [7, 11) is 1.99. The minimum absolute atomic E-state index is 0.281. The summed E-state index contributed by atoms with van der Waals surface area (Å²) in [6.07, 6.45) is 8.06. The second-order valence-electron chi connectivity index (χ2n) is 6.75. The first-order valence-corrected chi connectivity index (χ1v) is 8.88. The van der Waals surface area contributed by atoms with E-state index < -0.39 is 0 Å². The number of piperazine rings is 1. The summed E-state index contributed by atoms with van der Waals surface area (Å²) in [5.74, 6) is 1.32. The van der Waals surface area contributed by atoms with Gasteiger partial charge in [0.1, 0.15) is 5.82 Å². The quantitative estimate of drug-likeness (QED) is 0.852. The number of pyridine rings is 1. The van der Waals surface area contributed by atoms with Crippen LogP contribution in [0.25, 0.3) is 0 Å². The first-order valence-electron chi connectivity index (χ1n) is 8.88. The van der Waals surface area contributed by atoms with Gasteiger partial charge in [0.25, 0.3) is 0 Å². The molecule has 1 amide bonds. The van der Waals surface area contributed by atoms with Gasteiger partial charge in [0, 0.05) is 45.5 Å². The third-order valence-electron chi connectivity index (χ3n) is 5.22. The summed E-state index contributed by atoms with van der Waals surface area (Å²) < 4.78 is 0. The molecule has 0 radical (unpaired) electrons. The lowest BCUT2D eigenvalue weighted by molar-refractivity contribution is -0.133. The second-order valence-corrected chi connectivity index (χ2v) is 6.75. The maximum absolute atomic E-state index is 12.5. The molecule has 0 atom stereocenters. The van der Waals surface area contributed by atoms with E-state index in [2.05, 4.69) is 20.9 Å². The first-order chi connectivity index (χ1) is 11.2. The molecule has 1 aliphatic heterocycles. The summed E-state index contributed by atoms with van der Waals surface area (Å²) >= 11 is 0. The Kier molecular flexibility index (Phi) is 5.49. The maximum Gasteiger partial charge on any atom is 0.236 e. The molecule has 5 nitrogen and oxygen atoms in total. The molecule has 0 bridgehead atoms. The number of likely N-dealkylation sites (N-methyl/N-ethyl adjacent to an activating group) is 1. The molecule has 0 aromatic carbocycles. The third-order valence-corrected chi connectivity index (χ3v) is 5.22. The number of amides is 1. The minimum atomic E-state index is 0.281. The van der Waals surface area contributed by atoms with Crippen molar-refractivity contribution >= 4 is 11.7 Å². The summed E-state index contributed by atoms with van der Waals surface area (Å²) in [5.41, 5.74) is 0. The zero-order chi connectivity index (χ0) is 16.1. The van der Waals surface area contributed by atoms with Gasteiger partial charge in [-0.05, 0) is 25.0 Å². The average Bonchev–Trinajstić information content (AvgIpc) is 2.63. The molecule has 0 N–H and O–H groups in total. The predicted molar refractivity (Wildman–Crippen MR) is 92.5 cm³/mol. The fourth-order valence-electron chi connectivity index (χ4n) is 3.65. The van der Waals surface area contributed by atoms with Crippen molar-refractivity contribution in [2.24, 2.45) is 0 Å². The van der Waals surface area contributed by atoms with E-state index in [1.165, 1.54) is 32.1 Å². The summed E-state index contributed by atoms with van der Waals surface area (Å²) in [6.45, 7) is 4.31. The Morgan fingerprint density at radius 3 is 2.57 bits per heavy atom. The van der Waals surface area contributed by atoms with Crippen LogP contribution in [0.1, 0.15) is 32.1 Å². The molecule has 1 saturated heterocycles. The number of aromatic nitrogens is 1. The lowest BCUT2D eigenvalue weighted by Crippen LogP contribution is -2.51. The lowest BCUT2D eigenvalue weighted by Gasteiger charge is -2.37. The molecule has 0 unspecified atom stereocenters. The normalized spacial score (nSPS) is 20.5. The van der Waals surface area contributed by atoms with E-state index in [1.807, 2.05) is 30.3 Å². The molecule has 1 aromatic heterocycles. The standard InChI is InChI=1S/C18H28N4O/c1-20(16-7-3-2-4-8-16)18(23)15-21-11-13-22(14-12-21)17-9-5-6-10-19-17/h5-6,9-10,16H,2-4,7-8,11-15H2,1H3. The van der Waals surface area contributed by atoms with Crippen LogP contribution in [0, 0.1) is 0 Å². The van der Waals surface area contributed by atoms with Crippen molar-refractivity contribution in [3.8, 4) is 0 Å². The van der Waals surface area contributed by atoms with E-state index in [4.69, 9.17) is 0 Å². The molecule has 1 aromatic rings. The fraction of sp³-hybridized carbons (Fsp3) is 0.667. The summed E-state index contributed by atoms with van der Waals surface area (Å²) in [5, 5.41) is 0. The predicted octanol–water partition coefficient (Wildman–Crippen LogP) is 1.99. The maximum atomic E-state index is 12.5. The first kappa shape index (κ1) is 16.2. The monoisotopic (exact) mass is 316 g/mol. The van der Waals surface area contributed by atoms with E-state index in [0.29, 0.717) is 12.6 Å². The van der Waals surface area contributed by atoms with Gasteiger partial charge in [0.15, 0.2) is 0 Å². The fourth-order valence-corrected chi connectivity index (χ4v) is 3.65. The largest absolute Gasteiger partial charge is 0.354 e. The highest BCUT2D eigenvalue weighted by molar-refractivity contribution is 5.78. The van der Waals surface area contributed by atoms with Crippen molar-refractivity contribution in [2.45, 2.75) is 38.1 Å². The molecule has 126 valence electrons. The smallest absolute Gasteiger partial charge is 0.236 e. The summed E-state index contributed by atoms with van der Waals surface area (Å²) in [6, 6.07) is 6.49. The molecule has 2 fully saturated rings. The van der Waals surface area contributed by atoms with Crippen LogP contribution in [0.4, 0.5) is 5.82 Å². The van der Waals surface area contributed by atoms with Crippen LogP contribution in [0.2, 0.25) is 0 Å². The number of hydrogen-bond acceptors (Lipinski definition) is 4.